The Bertz CT molecular complexity index is 295. The van der Waals surface area contributed by atoms with Gasteiger partial charge in [0.2, 0.25) is 0 Å². The molecular weight excluding hydrogens is 184 g/mol. The minimum Gasteiger partial charge on any atom is -0.493 e. The molecule has 1 heteroatoms. The summed E-state index contributed by atoms with van der Waals surface area (Å²) < 4.78 is 5.78. The molecule has 0 aromatic heterocycles. The first-order valence-corrected chi connectivity index (χ1v) is 5.55. The Labute approximate surface area is 92.8 Å². The first-order valence-electron chi connectivity index (χ1n) is 5.55. The molecule has 0 saturated carbocycles. The average molecular weight is 204 g/mol. The standard InChI is InChI=1S/C14H20O/c1-4-5-6-7-11-15-14-12(2)9-8-10-13(14)3/h4,8-10H,1,5-7,11H2,2-3H3. The Balaban J connectivity index is 2.40. The van der Waals surface area contributed by atoms with Gasteiger partial charge in [-0.1, -0.05) is 24.3 Å². The summed E-state index contributed by atoms with van der Waals surface area (Å²) in [6.45, 7) is 8.69. The van der Waals surface area contributed by atoms with Gasteiger partial charge in [0.15, 0.2) is 0 Å². The van der Waals surface area contributed by atoms with Crippen LogP contribution in [0.5, 0.6) is 5.75 Å². The Morgan fingerprint density at radius 1 is 1.20 bits per heavy atom. The maximum absolute atomic E-state index is 5.78. The summed E-state index contributed by atoms with van der Waals surface area (Å²) in [4.78, 5) is 0. The van der Waals surface area contributed by atoms with Gasteiger partial charge in [0.25, 0.3) is 0 Å². The lowest BCUT2D eigenvalue weighted by atomic mass is 10.1. The van der Waals surface area contributed by atoms with Gasteiger partial charge >= 0.3 is 0 Å². The molecule has 0 amide bonds. The van der Waals surface area contributed by atoms with Gasteiger partial charge < -0.3 is 4.74 Å². The summed E-state index contributed by atoms with van der Waals surface area (Å²) in [5.74, 6) is 1.05. The minimum atomic E-state index is 0.805. The molecule has 0 bridgehead atoms. The van der Waals surface area contributed by atoms with Gasteiger partial charge in [0, 0.05) is 0 Å². The Morgan fingerprint density at radius 2 is 1.87 bits per heavy atom. The van der Waals surface area contributed by atoms with E-state index >= 15 is 0 Å². The number of aryl methyl sites for hydroxylation is 2. The van der Waals surface area contributed by atoms with E-state index in [0.717, 1.165) is 31.6 Å². The zero-order valence-corrected chi connectivity index (χ0v) is 9.75. The van der Waals surface area contributed by atoms with E-state index in [2.05, 4.69) is 38.6 Å². The number of unbranched alkanes of at least 4 members (excludes halogenated alkanes) is 2. The number of ether oxygens (including phenoxy) is 1. The third-order valence-corrected chi connectivity index (χ3v) is 2.46. The summed E-state index contributed by atoms with van der Waals surface area (Å²) in [6, 6.07) is 6.24. The molecule has 1 rings (SSSR count). The van der Waals surface area contributed by atoms with Crippen molar-refractivity contribution in [2.75, 3.05) is 6.61 Å². The van der Waals surface area contributed by atoms with Gasteiger partial charge in [-0.2, -0.15) is 0 Å². The summed E-state index contributed by atoms with van der Waals surface area (Å²) in [5.41, 5.74) is 2.44. The average Bonchev–Trinajstić information content (AvgIpc) is 2.21. The van der Waals surface area contributed by atoms with E-state index < -0.39 is 0 Å². The van der Waals surface area contributed by atoms with Gasteiger partial charge in [-0.05, 0) is 44.2 Å². The number of hydrogen-bond donors (Lipinski definition) is 0. The first kappa shape index (κ1) is 11.8. The minimum absolute atomic E-state index is 0.805. The monoisotopic (exact) mass is 204 g/mol. The molecule has 15 heavy (non-hydrogen) atoms. The number of rotatable bonds is 6. The van der Waals surface area contributed by atoms with Crippen molar-refractivity contribution < 1.29 is 4.74 Å². The van der Waals surface area contributed by atoms with Crippen LogP contribution in [0, 0.1) is 13.8 Å². The Hall–Kier alpha value is -1.24. The Morgan fingerprint density at radius 3 is 2.47 bits per heavy atom. The second kappa shape index (κ2) is 6.28. The van der Waals surface area contributed by atoms with Crippen LogP contribution < -0.4 is 4.74 Å². The third-order valence-electron chi connectivity index (χ3n) is 2.46. The van der Waals surface area contributed by atoms with Crippen molar-refractivity contribution in [1.82, 2.24) is 0 Å². The highest BCUT2D eigenvalue weighted by Gasteiger charge is 2.01. The van der Waals surface area contributed by atoms with E-state index in [1.165, 1.54) is 11.1 Å². The van der Waals surface area contributed by atoms with Crippen LogP contribution in [-0.4, -0.2) is 6.61 Å². The van der Waals surface area contributed by atoms with E-state index in [1.54, 1.807) is 0 Å². The highest BCUT2D eigenvalue weighted by molar-refractivity contribution is 5.39. The maximum atomic E-state index is 5.78. The fourth-order valence-electron chi connectivity index (χ4n) is 1.59. The van der Waals surface area contributed by atoms with Crippen LogP contribution in [0.1, 0.15) is 30.4 Å². The smallest absolute Gasteiger partial charge is 0.125 e. The van der Waals surface area contributed by atoms with Crippen LogP contribution in [0.4, 0.5) is 0 Å². The van der Waals surface area contributed by atoms with Gasteiger partial charge in [-0.25, -0.2) is 0 Å². The fraction of sp³-hybridized carbons (Fsp3) is 0.429. The molecule has 0 spiro atoms. The van der Waals surface area contributed by atoms with Gasteiger partial charge in [-0.15, -0.1) is 6.58 Å². The number of benzene rings is 1. The van der Waals surface area contributed by atoms with E-state index in [-0.39, 0.29) is 0 Å². The lowest BCUT2D eigenvalue weighted by Crippen LogP contribution is -2.00. The molecule has 0 aliphatic carbocycles. The van der Waals surface area contributed by atoms with Crippen molar-refractivity contribution in [3.8, 4) is 5.75 Å². The molecule has 0 saturated heterocycles. The molecule has 0 unspecified atom stereocenters. The van der Waals surface area contributed by atoms with Gasteiger partial charge in [0.05, 0.1) is 6.61 Å². The van der Waals surface area contributed by atoms with E-state index in [0.29, 0.717) is 0 Å². The normalized spacial score (nSPS) is 10.0. The van der Waals surface area contributed by atoms with Crippen LogP contribution in [0.2, 0.25) is 0 Å². The maximum Gasteiger partial charge on any atom is 0.125 e. The second-order valence-electron chi connectivity index (χ2n) is 3.85. The van der Waals surface area contributed by atoms with Gasteiger partial charge in [0.1, 0.15) is 5.75 Å². The van der Waals surface area contributed by atoms with Crippen molar-refractivity contribution >= 4 is 0 Å². The highest BCUT2D eigenvalue weighted by atomic mass is 16.5. The van der Waals surface area contributed by atoms with Crippen molar-refractivity contribution in [2.24, 2.45) is 0 Å². The van der Waals surface area contributed by atoms with Crippen molar-refractivity contribution in [3.05, 3.63) is 42.0 Å². The largest absolute Gasteiger partial charge is 0.493 e. The molecule has 0 N–H and O–H groups in total. The quantitative estimate of drug-likeness (QED) is 0.502. The number of hydrogen-bond acceptors (Lipinski definition) is 1. The molecule has 0 fully saturated rings. The zero-order valence-electron chi connectivity index (χ0n) is 9.75. The molecule has 0 heterocycles. The van der Waals surface area contributed by atoms with E-state index in [1.807, 2.05) is 6.08 Å². The van der Waals surface area contributed by atoms with Crippen molar-refractivity contribution in [2.45, 2.75) is 33.1 Å². The molecule has 82 valence electrons. The van der Waals surface area contributed by atoms with Gasteiger partial charge in [-0.3, -0.25) is 0 Å². The predicted octanol–water partition coefficient (Wildman–Crippen LogP) is 4.04. The van der Waals surface area contributed by atoms with Crippen molar-refractivity contribution in [1.29, 1.82) is 0 Å². The van der Waals surface area contributed by atoms with Crippen LogP contribution in [0.15, 0.2) is 30.9 Å². The highest BCUT2D eigenvalue weighted by Crippen LogP contribution is 2.22. The molecule has 0 aliphatic heterocycles. The second-order valence-corrected chi connectivity index (χ2v) is 3.85. The molecule has 1 aromatic rings. The molecule has 1 nitrogen and oxygen atoms in total. The molecular formula is C14H20O. The molecule has 0 aliphatic rings. The summed E-state index contributed by atoms with van der Waals surface area (Å²) in [5, 5.41) is 0. The summed E-state index contributed by atoms with van der Waals surface area (Å²) >= 11 is 0. The Kier molecular flexibility index (Phi) is 4.96. The molecule has 0 radical (unpaired) electrons. The number of allylic oxidation sites excluding steroid dienone is 1. The van der Waals surface area contributed by atoms with E-state index in [4.69, 9.17) is 4.74 Å². The lowest BCUT2D eigenvalue weighted by Gasteiger charge is -2.11. The van der Waals surface area contributed by atoms with Crippen LogP contribution in [0.3, 0.4) is 0 Å². The zero-order chi connectivity index (χ0) is 11.1. The van der Waals surface area contributed by atoms with Crippen LogP contribution in [-0.2, 0) is 0 Å². The predicted molar refractivity (Wildman–Crippen MR) is 65.5 cm³/mol. The van der Waals surface area contributed by atoms with E-state index in [9.17, 15) is 0 Å². The summed E-state index contributed by atoms with van der Waals surface area (Å²) in [6.07, 6.45) is 5.29. The molecule has 0 atom stereocenters. The van der Waals surface area contributed by atoms with Crippen LogP contribution >= 0.6 is 0 Å². The van der Waals surface area contributed by atoms with Crippen molar-refractivity contribution in [3.63, 3.8) is 0 Å². The van der Waals surface area contributed by atoms with Crippen LogP contribution in [0.25, 0.3) is 0 Å². The number of para-hydroxylation sites is 1. The topological polar surface area (TPSA) is 9.23 Å². The molecule has 1 aromatic carbocycles. The fourth-order valence-corrected chi connectivity index (χ4v) is 1.59. The first-order chi connectivity index (χ1) is 7.25. The lowest BCUT2D eigenvalue weighted by molar-refractivity contribution is 0.303. The SMILES string of the molecule is C=CCCCCOc1c(C)cccc1C. The summed E-state index contributed by atoms with van der Waals surface area (Å²) in [7, 11) is 0. The third kappa shape index (κ3) is 3.78.